The third-order valence-corrected chi connectivity index (χ3v) is 3.60. The van der Waals surface area contributed by atoms with E-state index in [4.69, 9.17) is 0 Å². The van der Waals surface area contributed by atoms with Crippen molar-refractivity contribution in [3.8, 4) is 6.07 Å². The molecule has 4 heteroatoms. The second kappa shape index (κ2) is 6.51. The Balaban J connectivity index is 2.57. The van der Waals surface area contributed by atoms with Gasteiger partial charge in [-0.2, -0.15) is 5.26 Å². The van der Waals surface area contributed by atoms with E-state index in [1.54, 1.807) is 0 Å². The van der Waals surface area contributed by atoms with Crippen LogP contribution in [0.5, 0.6) is 0 Å². The molecule has 2 atom stereocenters. The molecule has 1 aliphatic heterocycles. The maximum Gasteiger partial charge on any atom is 0.116 e. The number of nitriles is 1. The van der Waals surface area contributed by atoms with Crippen LogP contribution in [0.25, 0.3) is 0 Å². The van der Waals surface area contributed by atoms with Crippen LogP contribution in [0.4, 0.5) is 0 Å². The molecule has 0 aliphatic carbocycles. The van der Waals surface area contributed by atoms with E-state index < -0.39 is 5.54 Å². The Labute approximate surface area is 112 Å². The van der Waals surface area contributed by atoms with Gasteiger partial charge < -0.3 is 4.90 Å². The number of likely N-dealkylation sites (N-methyl/N-ethyl adjacent to an activating group) is 1. The van der Waals surface area contributed by atoms with E-state index in [-0.39, 0.29) is 0 Å². The van der Waals surface area contributed by atoms with E-state index in [0.717, 1.165) is 19.6 Å². The molecular formula is C14H28N4. The Kier molecular flexibility index (Phi) is 5.58. The number of nitrogens with zero attached hydrogens (tertiary/aromatic N) is 3. The van der Waals surface area contributed by atoms with Gasteiger partial charge in [0.05, 0.1) is 6.07 Å². The fourth-order valence-electron chi connectivity index (χ4n) is 2.79. The third-order valence-electron chi connectivity index (χ3n) is 3.60. The predicted octanol–water partition coefficient (Wildman–Crippen LogP) is 1.29. The summed E-state index contributed by atoms with van der Waals surface area (Å²) in [6.07, 6.45) is 2.50. The zero-order valence-corrected chi connectivity index (χ0v) is 12.5. The Morgan fingerprint density at radius 2 is 2.17 bits per heavy atom. The Bertz CT molecular complexity index is 295. The highest BCUT2D eigenvalue weighted by Crippen LogP contribution is 2.16. The maximum absolute atomic E-state index is 9.39. The first-order chi connectivity index (χ1) is 8.36. The summed E-state index contributed by atoms with van der Waals surface area (Å²) in [6.45, 7) is 9.19. The van der Waals surface area contributed by atoms with Crippen molar-refractivity contribution in [2.45, 2.75) is 51.2 Å². The van der Waals surface area contributed by atoms with Crippen LogP contribution >= 0.6 is 0 Å². The summed E-state index contributed by atoms with van der Waals surface area (Å²) < 4.78 is 0. The summed E-state index contributed by atoms with van der Waals surface area (Å²) in [7, 11) is 4.29. The van der Waals surface area contributed by atoms with Crippen LogP contribution in [0, 0.1) is 11.3 Å². The summed E-state index contributed by atoms with van der Waals surface area (Å²) in [5, 5.41) is 12.8. The lowest BCUT2D eigenvalue weighted by Gasteiger charge is -2.39. The van der Waals surface area contributed by atoms with Gasteiger partial charge in [0.25, 0.3) is 0 Å². The van der Waals surface area contributed by atoms with E-state index in [0.29, 0.717) is 12.1 Å². The molecule has 0 aromatic heterocycles. The molecule has 0 aromatic rings. The molecule has 1 saturated heterocycles. The minimum Gasteiger partial charge on any atom is -0.305 e. The minimum atomic E-state index is -0.442. The van der Waals surface area contributed by atoms with E-state index >= 15 is 0 Å². The summed E-state index contributed by atoms with van der Waals surface area (Å²) in [5.41, 5.74) is -0.442. The molecule has 0 saturated carbocycles. The van der Waals surface area contributed by atoms with E-state index in [1.165, 1.54) is 12.8 Å². The van der Waals surface area contributed by atoms with Crippen molar-refractivity contribution < 1.29 is 0 Å². The standard InChI is InChI=1S/C14H28N4/c1-12(2)16-14(3,10-15)11-18-8-6-7-13(9-18)17(4)5/h12-13,16H,6-9,11H2,1-5H3. The van der Waals surface area contributed by atoms with Crippen molar-refractivity contribution in [2.75, 3.05) is 33.7 Å². The van der Waals surface area contributed by atoms with Gasteiger partial charge in [-0.3, -0.25) is 10.2 Å². The zero-order chi connectivity index (χ0) is 13.8. The number of likely N-dealkylation sites (tertiary alicyclic amines) is 1. The maximum atomic E-state index is 9.39. The predicted molar refractivity (Wildman–Crippen MR) is 75.4 cm³/mol. The van der Waals surface area contributed by atoms with Gasteiger partial charge in [-0.1, -0.05) is 0 Å². The highest BCUT2D eigenvalue weighted by molar-refractivity contribution is 5.07. The number of hydrogen-bond donors (Lipinski definition) is 1. The zero-order valence-electron chi connectivity index (χ0n) is 12.5. The first-order valence-electron chi connectivity index (χ1n) is 6.94. The first-order valence-corrected chi connectivity index (χ1v) is 6.94. The van der Waals surface area contributed by atoms with Gasteiger partial charge in [-0.15, -0.1) is 0 Å². The second-order valence-corrected chi connectivity index (χ2v) is 6.24. The molecular weight excluding hydrogens is 224 g/mol. The van der Waals surface area contributed by atoms with Crippen molar-refractivity contribution in [1.29, 1.82) is 5.26 Å². The highest BCUT2D eigenvalue weighted by Gasteiger charge is 2.30. The monoisotopic (exact) mass is 252 g/mol. The van der Waals surface area contributed by atoms with Gasteiger partial charge in [0.15, 0.2) is 0 Å². The molecule has 0 bridgehead atoms. The first kappa shape index (κ1) is 15.4. The number of hydrogen-bond acceptors (Lipinski definition) is 4. The van der Waals surface area contributed by atoms with E-state index in [2.05, 4.69) is 49.1 Å². The lowest BCUT2D eigenvalue weighted by atomic mass is 9.98. The Morgan fingerprint density at radius 1 is 1.50 bits per heavy atom. The normalized spacial score (nSPS) is 25.1. The molecule has 0 amide bonds. The van der Waals surface area contributed by atoms with Crippen molar-refractivity contribution in [3.63, 3.8) is 0 Å². The second-order valence-electron chi connectivity index (χ2n) is 6.24. The molecule has 0 aromatic carbocycles. The molecule has 18 heavy (non-hydrogen) atoms. The SMILES string of the molecule is CC(C)NC(C)(C#N)CN1CCCC(N(C)C)C1. The third kappa shape index (κ3) is 4.56. The van der Waals surface area contributed by atoms with Crippen molar-refractivity contribution in [1.82, 2.24) is 15.1 Å². The van der Waals surface area contributed by atoms with Gasteiger partial charge in [-0.05, 0) is 54.3 Å². The van der Waals surface area contributed by atoms with Crippen LogP contribution in [-0.4, -0.2) is 61.2 Å². The van der Waals surface area contributed by atoms with Gasteiger partial charge >= 0.3 is 0 Å². The van der Waals surface area contributed by atoms with E-state index in [9.17, 15) is 5.26 Å². The van der Waals surface area contributed by atoms with Gasteiger partial charge in [0.2, 0.25) is 0 Å². The average Bonchev–Trinajstić information content (AvgIpc) is 2.28. The number of nitrogens with one attached hydrogen (secondary N) is 1. The lowest BCUT2D eigenvalue weighted by Crippen LogP contribution is -2.56. The smallest absolute Gasteiger partial charge is 0.116 e. The molecule has 1 N–H and O–H groups in total. The van der Waals surface area contributed by atoms with Crippen LogP contribution < -0.4 is 5.32 Å². The van der Waals surface area contributed by atoms with Crippen molar-refractivity contribution >= 4 is 0 Å². The molecule has 2 unspecified atom stereocenters. The summed E-state index contributed by atoms with van der Waals surface area (Å²) in [4.78, 5) is 4.72. The lowest BCUT2D eigenvalue weighted by molar-refractivity contribution is 0.114. The molecule has 0 spiro atoms. The van der Waals surface area contributed by atoms with Gasteiger partial charge in [0, 0.05) is 25.2 Å². The van der Waals surface area contributed by atoms with Crippen LogP contribution in [0.1, 0.15) is 33.6 Å². The van der Waals surface area contributed by atoms with Crippen LogP contribution in [-0.2, 0) is 0 Å². The molecule has 1 heterocycles. The van der Waals surface area contributed by atoms with Crippen LogP contribution in [0.15, 0.2) is 0 Å². The number of piperidine rings is 1. The highest BCUT2D eigenvalue weighted by atomic mass is 15.2. The fraction of sp³-hybridized carbons (Fsp3) is 0.929. The summed E-state index contributed by atoms with van der Waals surface area (Å²) in [6, 6.07) is 3.40. The average molecular weight is 252 g/mol. The molecule has 4 nitrogen and oxygen atoms in total. The summed E-state index contributed by atoms with van der Waals surface area (Å²) in [5.74, 6) is 0. The van der Waals surface area contributed by atoms with Gasteiger partial charge in [0.1, 0.15) is 5.54 Å². The van der Waals surface area contributed by atoms with Crippen LogP contribution in [0.2, 0.25) is 0 Å². The van der Waals surface area contributed by atoms with Crippen molar-refractivity contribution in [2.24, 2.45) is 0 Å². The van der Waals surface area contributed by atoms with Crippen molar-refractivity contribution in [3.05, 3.63) is 0 Å². The molecule has 104 valence electrons. The molecule has 1 fully saturated rings. The molecule has 1 aliphatic rings. The Hall–Kier alpha value is -0.630. The quantitative estimate of drug-likeness (QED) is 0.801. The van der Waals surface area contributed by atoms with E-state index in [1.807, 2.05) is 6.92 Å². The van der Waals surface area contributed by atoms with Gasteiger partial charge in [-0.25, -0.2) is 0 Å². The fourth-order valence-corrected chi connectivity index (χ4v) is 2.79. The number of rotatable bonds is 5. The minimum absolute atomic E-state index is 0.337. The largest absolute Gasteiger partial charge is 0.305 e. The molecule has 1 rings (SSSR count). The van der Waals surface area contributed by atoms with Crippen LogP contribution in [0.3, 0.4) is 0 Å². The summed E-state index contributed by atoms with van der Waals surface area (Å²) >= 11 is 0. The Morgan fingerprint density at radius 3 is 2.67 bits per heavy atom. The topological polar surface area (TPSA) is 42.3 Å². The molecule has 0 radical (unpaired) electrons.